The molecule has 0 radical (unpaired) electrons. The minimum Gasteiger partial charge on any atom is -0.299 e. The van der Waals surface area contributed by atoms with E-state index >= 15 is 0 Å². The number of pyridine rings is 2. The van der Waals surface area contributed by atoms with Crippen LogP contribution in [0.25, 0.3) is 28.2 Å². The van der Waals surface area contributed by atoms with Gasteiger partial charge in [0.2, 0.25) is 0 Å². The molecule has 4 rings (SSSR count). The van der Waals surface area contributed by atoms with Crippen LogP contribution in [0.5, 0.6) is 0 Å². The molecule has 0 aliphatic carbocycles. The highest BCUT2D eigenvalue weighted by Gasteiger charge is 2.35. The highest BCUT2D eigenvalue weighted by molar-refractivity contribution is 6.30. The Morgan fingerprint density at radius 1 is 1.00 bits per heavy atom. The lowest BCUT2D eigenvalue weighted by Crippen LogP contribution is -2.08. The summed E-state index contributed by atoms with van der Waals surface area (Å²) in [5.74, 6) is 0.177. The van der Waals surface area contributed by atoms with Gasteiger partial charge >= 0.3 is 6.18 Å². The highest BCUT2D eigenvalue weighted by Crippen LogP contribution is 2.38. The number of imidazole rings is 1. The molecule has 3 aromatic heterocycles. The molecule has 130 valence electrons. The Balaban J connectivity index is 2.02. The number of hydrogen-bond donors (Lipinski definition) is 0. The summed E-state index contributed by atoms with van der Waals surface area (Å²) in [5.41, 5.74) is 1.11. The summed E-state index contributed by atoms with van der Waals surface area (Å²) in [7, 11) is 0. The summed E-state index contributed by atoms with van der Waals surface area (Å²) >= 11 is 6.06. The predicted octanol–water partition coefficient (Wildman–Crippen LogP) is 5.74. The molecular weight excluding hydrogens is 363 g/mol. The zero-order valence-corrected chi connectivity index (χ0v) is 14.0. The van der Waals surface area contributed by atoms with Gasteiger partial charge in [0.05, 0.1) is 16.8 Å². The fourth-order valence-corrected chi connectivity index (χ4v) is 3.09. The number of nitrogens with zero attached hydrogens (tertiary/aromatic N) is 3. The van der Waals surface area contributed by atoms with Gasteiger partial charge in [0.15, 0.2) is 0 Å². The van der Waals surface area contributed by atoms with Crippen molar-refractivity contribution in [1.29, 1.82) is 0 Å². The molecule has 4 aromatic rings. The number of hydrogen-bond acceptors (Lipinski definition) is 2. The first kappa shape index (κ1) is 16.6. The molecule has 3 heterocycles. The Morgan fingerprint density at radius 3 is 2.62 bits per heavy atom. The molecule has 0 aliphatic heterocycles. The van der Waals surface area contributed by atoms with Gasteiger partial charge in [-0.05, 0) is 30.3 Å². The first-order valence-corrected chi connectivity index (χ1v) is 8.07. The van der Waals surface area contributed by atoms with Crippen LogP contribution < -0.4 is 0 Å². The maximum Gasteiger partial charge on any atom is 0.417 e. The molecule has 7 heteroatoms. The Morgan fingerprint density at radius 2 is 1.85 bits per heavy atom. The predicted molar refractivity (Wildman–Crippen MR) is 93.9 cm³/mol. The van der Waals surface area contributed by atoms with Crippen molar-refractivity contribution >= 4 is 17.1 Å². The minimum atomic E-state index is -4.50. The van der Waals surface area contributed by atoms with E-state index in [9.17, 15) is 13.2 Å². The average molecular weight is 374 g/mol. The largest absolute Gasteiger partial charge is 0.417 e. The van der Waals surface area contributed by atoms with Crippen LogP contribution in [-0.2, 0) is 6.18 Å². The van der Waals surface area contributed by atoms with Gasteiger partial charge in [0.25, 0.3) is 0 Å². The molecule has 3 nitrogen and oxygen atoms in total. The van der Waals surface area contributed by atoms with Crippen LogP contribution in [0, 0.1) is 0 Å². The Kier molecular flexibility index (Phi) is 3.92. The van der Waals surface area contributed by atoms with Crippen LogP contribution in [0.3, 0.4) is 0 Å². The van der Waals surface area contributed by atoms with Crippen molar-refractivity contribution in [3.8, 4) is 22.6 Å². The van der Waals surface area contributed by atoms with Crippen molar-refractivity contribution in [2.45, 2.75) is 6.18 Å². The van der Waals surface area contributed by atoms with Crippen molar-refractivity contribution in [1.82, 2.24) is 14.4 Å². The minimum absolute atomic E-state index is 0.0746. The first-order chi connectivity index (χ1) is 12.4. The normalized spacial score (nSPS) is 11.8. The number of halogens is 4. The monoisotopic (exact) mass is 373 g/mol. The third-order valence-electron chi connectivity index (χ3n) is 4.01. The molecule has 0 bridgehead atoms. The van der Waals surface area contributed by atoms with Crippen LogP contribution in [0.1, 0.15) is 5.56 Å². The second-order valence-corrected chi connectivity index (χ2v) is 6.11. The van der Waals surface area contributed by atoms with E-state index in [0.717, 1.165) is 17.8 Å². The summed E-state index contributed by atoms with van der Waals surface area (Å²) in [5, 5.41) is 0.526. The third kappa shape index (κ3) is 2.82. The lowest BCUT2D eigenvalue weighted by Gasteiger charge is -2.11. The second-order valence-electron chi connectivity index (χ2n) is 5.67. The number of aromatic nitrogens is 3. The summed E-state index contributed by atoms with van der Waals surface area (Å²) in [6, 6.07) is 13.4. The molecular formula is C19H11ClF3N3. The SMILES string of the molecule is FC(F)(F)c1ccncc1-c1nc(-c2cccc(Cl)c2)c2ccccn12. The molecule has 0 atom stereocenters. The lowest BCUT2D eigenvalue weighted by molar-refractivity contribution is -0.137. The van der Waals surface area contributed by atoms with Crippen molar-refractivity contribution in [3.05, 3.63) is 77.7 Å². The van der Waals surface area contributed by atoms with Gasteiger partial charge in [-0.1, -0.05) is 29.8 Å². The van der Waals surface area contributed by atoms with Gasteiger partial charge < -0.3 is 0 Å². The van der Waals surface area contributed by atoms with E-state index in [1.807, 2.05) is 12.1 Å². The van der Waals surface area contributed by atoms with E-state index in [1.165, 1.54) is 6.20 Å². The molecule has 0 amide bonds. The fraction of sp³-hybridized carbons (Fsp3) is 0.0526. The molecule has 0 aliphatic rings. The Hall–Kier alpha value is -2.86. The van der Waals surface area contributed by atoms with Gasteiger partial charge in [-0.3, -0.25) is 9.38 Å². The van der Waals surface area contributed by atoms with Crippen molar-refractivity contribution < 1.29 is 13.2 Å². The van der Waals surface area contributed by atoms with Gasteiger partial charge in [-0.25, -0.2) is 4.98 Å². The maximum absolute atomic E-state index is 13.4. The third-order valence-corrected chi connectivity index (χ3v) is 4.25. The average Bonchev–Trinajstić information content (AvgIpc) is 3.01. The van der Waals surface area contributed by atoms with Crippen molar-refractivity contribution in [2.75, 3.05) is 0 Å². The zero-order chi connectivity index (χ0) is 18.3. The molecule has 1 aromatic carbocycles. The van der Waals surface area contributed by atoms with E-state index in [0.29, 0.717) is 16.2 Å². The highest BCUT2D eigenvalue weighted by atomic mass is 35.5. The van der Waals surface area contributed by atoms with Crippen LogP contribution >= 0.6 is 11.6 Å². The lowest BCUT2D eigenvalue weighted by atomic mass is 10.1. The summed E-state index contributed by atoms with van der Waals surface area (Å²) in [6.45, 7) is 0. The molecule has 0 saturated carbocycles. The number of alkyl halides is 3. The summed E-state index contributed by atoms with van der Waals surface area (Å²) in [6.07, 6.45) is -0.514. The van der Waals surface area contributed by atoms with E-state index in [4.69, 9.17) is 11.6 Å². The number of fused-ring (bicyclic) bond motifs is 1. The van der Waals surface area contributed by atoms with E-state index < -0.39 is 11.7 Å². The zero-order valence-electron chi connectivity index (χ0n) is 13.2. The Bertz CT molecular complexity index is 1100. The maximum atomic E-state index is 13.4. The van der Waals surface area contributed by atoms with Crippen molar-refractivity contribution in [3.63, 3.8) is 0 Å². The van der Waals surface area contributed by atoms with Crippen LogP contribution in [0.15, 0.2) is 67.1 Å². The molecule has 0 spiro atoms. The van der Waals surface area contributed by atoms with E-state index in [-0.39, 0.29) is 11.4 Å². The Labute approximate surface area is 151 Å². The molecule has 0 saturated heterocycles. The van der Waals surface area contributed by atoms with Gasteiger partial charge in [0, 0.05) is 34.7 Å². The molecule has 0 unspecified atom stereocenters. The smallest absolute Gasteiger partial charge is 0.299 e. The van der Waals surface area contributed by atoms with Crippen LogP contribution in [-0.4, -0.2) is 14.4 Å². The number of rotatable bonds is 2. The number of benzene rings is 1. The van der Waals surface area contributed by atoms with Gasteiger partial charge in [0.1, 0.15) is 5.82 Å². The molecule has 26 heavy (non-hydrogen) atoms. The standard InChI is InChI=1S/C19H11ClF3N3/c20-13-5-3-4-12(10-13)17-16-6-1-2-9-26(16)18(25-17)14-11-24-8-7-15(14)19(21,22)23/h1-11H. The fourth-order valence-electron chi connectivity index (χ4n) is 2.90. The first-order valence-electron chi connectivity index (χ1n) is 7.70. The quantitative estimate of drug-likeness (QED) is 0.449. The van der Waals surface area contributed by atoms with Gasteiger partial charge in [-0.15, -0.1) is 0 Å². The van der Waals surface area contributed by atoms with Crippen LogP contribution in [0.2, 0.25) is 5.02 Å². The second kappa shape index (κ2) is 6.14. The van der Waals surface area contributed by atoms with E-state index in [1.54, 1.807) is 40.9 Å². The van der Waals surface area contributed by atoms with Gasteiger partial charge in [-0.2, -0.15) is 13.2 Å². The summed E-state index contributed by atoms with van der Waals surface area (Å²) < 4.78 is 41.9. The van der Waals surface area contributed by atoms with E-state index in [2.05, 4.69) is 9.97 Å². The summed E-state index contributed by atoms with van der Waals surface area (Å²) in [4.78, 5) is 8.37. The molecule has 0 fully saturated rings. The molecule has 0 N–H and O–H groups in total. The van der Waals surface area contributed by atoms with Crippen LogP contribution in [0.4, 0.5) is 13.2 Å². The van der Waals surface area contributed by atoms with Crippen molar-refractivity contribution in [2.24, 2.45) is 0 Å². The topological polar surface area (TPSA) is 30.2 Å².